The molecule has 0 radical (unpaired) electrons. The number of benzene rings is 3. The molecule has 1 N–H and O–H groups in total. The zero-order chi connectivity index (χ0) is 22.6. The van der Waals surface area contributed by atoms with Crippen LogP contribution in [0, 0.1) is 20.8 Å². The molecule has 0 bridgehead atoms. The van der Waals surface area contributed by atoms with Crippen molar-refractivity contribution in [3.05, 3.63) is 81.9 Å². The normalized spacial score (nSPS) is 11.5. The Kier molecular flexibility index (Phi) is 6.87. The van der Waals surface area contributed by atoms with Gasteiger partial charge in [-0.2, -0.15) is 13.5 Å². The lowest BCUT2D eigenvalue weighted by Gasteiger charge is -2.13. The molecule has 3 aromatic rings. The molecule has 0 heterocycles. The number of aryl methyl sites for hydroxylation is 3. The summed E-state index contributed by atoms with van der Waals surface area (Å²) >= 11 is 6.11. The molecule has 0 unspecified atom stereocenters. The molecule has 0 aromatic heterocycles. The van der Waals surface area contributed by atoms with Gasteiger partial charge in [-0.1, -0.05) is 29.8 Å². The van der Waals surface area contributed by atoms with Gasteiger partial charge in [-0.15, -0.1) is 0 Å². The minimum atomic E-state index is -4.01. The van der Waals surface area contributed by atoms with Gasteiger partial charge in [0.1, 0.15) is 4.90 Å². The molecule has 3 rings (SSSR count). The van der Waals surface area contributed by atoms with Gasteiger partial charge in [0.15, 0.2) is 11.5 Å². The van der Waals surface area contributed by atoms with E-state index in [0.29, 0.717) is 16.1 Å². The molecule has 0 aliphatic carbocycles. The number of hydrogen-bond acceptors (Lipinski definition) is 6. The van der Waals surface area contributed by atoms with Crippen LogP contribution >= 0.6 is 11.6 Å². The van der Waals surface area contributed by atoms with Crippen LogP contribution in [0.5, 0.6) is 11.5 Å². The average Bonchev–Trinajstić information content (AvgIpc) is 2.73. The fourth-order valence-electron chi connectivity index (χ4n) is 2.82. The fourth-order valence-corrected chi connectivity index (χ4v) is 4.25. The van der Waals surface area contributed by atoms with Crippen molar-refractivity contribution >= 4 is 33.6 Å². The lowest BCUT2D eigenvalue weighted by atomic mass is 10.2. The van der Waals surface area contributed by atoms with E-state index in [4.69, 9.17) is 20.5 Å². The molecule has 6 nitrogen and oxygen atoms in total. The Morgan fingerprint density at radius 1 is 0.935 bits per heavy atom. The molecule has 8 heteroatoms. The first-order chi connectivity index (χ1) is 14.7. The Labute approximate surface area is 187 Å². The van der Waals surface area contributed by atoms with Gasteiger partial charge >= 0.3 is 10.1 Å². The van der Waals surface area contributed by atoms with Crippen molar-refractivity contribution in [3.63, 3.8) is 0 Å². The standard InChI is InChI=1S/C23H23ClN2O4S/c1-15-5-6-17(3)23(11-15)31(27,28)30-21-10-8-18(12-22(21)29-4)14-25-26-19-9-7-16(2)20(24)13-19/h5-14,26H,1-4H3/b25-14+. The summed E-state index contributed by atoms with van der Waals surface area (Å²) in [6.07, 6.45) is 1.58. The largest absolute Gasteiger partial charge is 0.493 e. The van der Waals surface area contributed by atoms with E-state index in [1.54, 1.807) is 43.5 Å². The van der Waals surface area contributed by atoms with Crippen molar-refractivity contribution in [1.29, 1.82) is 0 Å². The Morgan fingerprint density at radius 3 is 2.39 bits per heavy atom. The number of rotatable bonds is 7. The van der Waals surface area contributed by atoms with E-state index in [1.807, 2.05) is 32.0 Å². The third kappa shape index (κ3) is 5.57. The zero-order valence-corrected chi connectivity index (χ0v) is 19.2. The van der Waals surface area contributed by atoms with Gasteiger partial charge in [-0.3, -0.25) is 5.43 Å². The Hall–Kier alpha value is -3.03. The first kappa shape index (κ1) is 22.7. The van der Waals surface area contributed by atoms with Gasteiger partial charge in [-0.05, 0) is 79.4 Å². The Balaban J connectivity index is 1.79. The number of anilines is 1. The third-order valence-corrected chi connectivity index (χ3v) is 6.36. The second-order valence-corrected chi connectivity index (χ2v) is 8.97. The van der Waals surface area contributed by atoms with Crippen molar-refractivity contribution in [2.75, 3.05) is 12.5 Å². The number of nitrogens with one attached hydrogen (secondary N) is 1. The van der Waals surface area contributed by atoms with Crippen LogP contribution in [0.1, 0.15) is 22.3 Å². The van der Waals surface area contributed by atoms with Crippen LogP contribution in [0.15, 0.2) is 64.6 Å². The lowest BCUT2D eigenvalue weighted by molar-refractivity contribution is 0.390. The smallest absolute Gasteiger partial charge is 0.339 e. The van der Waals surface area contributed by atoms with E-state index in [0.717, 1.165) is 16.8 Å². The summed E-state index contributed by atoms with van der Waals surface area (Å²) in [4.78, 5) is 0.126. The van der Waals surface area contributed by atoms with E-state index >= 15 is 0 Å². The number of ether oxygens (including phenoxy) is 1. The maximum atomic E-state index is 12.8. The molecular weight excluding hydrogens is 436 g/mol. The van der Waals surface area contributed by atoms with E-state index < -0.39 is 10.1 Å². The average molecular weight is 459 g/mol. The second kappa shape index (κ2) is 9.41. The highest BCUT2D eigenvalue weighted by atomic mass is 35.5. The Bertz CT molecular complexity index is 1240. The van der Waals surface area contributed by atoms with Crippen LogP contribution in [0.2, 0.25) is 5.02 Å². The van der Waals surface area contributed by atoms with Crippen LogP contribution < -0.4 is 14.3 Å². The van der Waals surface area contributed by atoms with Gasteiger partial charge in [0.05, 0.1) is 19.0 Å². The van der Waals surface area contributed by atoms with Gasteiger partial charge in [0.25, 0.3) is 0 Å². The summed E-state index contributed by atoms with van der Waals surface area (Å²) in [6, 6.07) is 15.6. The minimum absolute atomic E-state index is 0.0961. The maximum absolute atomic E-state index is 12.8. The van der Waals surface area contributed by atoms with E-state index in [2.05, 4.69) is 10.5 Å². The van der Waals surface area contributed by atoms with Crippen molar-refractivity contribution in [3.8, 4) is 11.5 Å². The summed E-state index contributed by atoms with van der Waals surface area (Å²) in [5, 5.41) is 4.83. The fraction of sp³-hybridized carbons (Fsp3) is 0.174. The van der Waals surface area contributed by atoms with Crippen LogP contribution in [-0.2, 0) is 10.1 Å². The highest BCUT2D eigenvalue weighted by Crippen LogP contribution is 2.31. The highest BCUT2D eigenvalue weighted by Gasteiger charge is 2.21. The first-order valence-electron chi connectivity index (χ1n) is 9.44. The molecule has 162 valence electrons. The number of nitrogens with zero attached hydrogens (tertiary/aromatic N) is 1. The molecule has 3 aromatic carbocycles. The summed E-state index contributed by atoms with van der Waals surface area (Å²) in [5.74, 6) is 0.370. The first-order valence-corrected chi connectivity index (χ1v) is 11.2. The molecular formula is C23H23ClN2O4S. The zero-order valence-electron chi connectivity index (χ0n) is 17.6. The molecule has 0 amide bonds. The predicted octanol–water partition coefficient (Wildman–Crippen LogP) is 5.49. The third-order valence-electron chi connectivity index (χ3n) is 4.58. The summed E-state index contributed by atoms with van der Waals surface area (Å²) in [5.41, 5.74) is 6.76. The Morgan fingerprint density at radius 2 is 1.68 bits per heavy atom. The molecule has 0 aliphatic rings. The minimum Gasteiger partial charge on any atom is -0.493 e. The lowest BCUT2D eigenvalue weighted by Crippen LogP contribution is -2.12. The van der Waals surface area contributed by atoms with E-state index in [-0.39, 0.29) is 16.4 Å². The summed E-state index contributed by atoms with van der Waals surface area (Å²) in [7, 11) is -2.57. The molecule has 0 fully saturated rings. The molecule has 31 heavy (non-hydrogen) atoms. The van der Waals surface area contributed by atoms with Crippen LogP contribution in [-0.4, -0.2) is 21.7 Å². The summed E-state index contributed by atoms with van der Waals surface area (Å²) < 4.78 is 36.3. The van der Waals surface area contributed by atoms with Gasteiger partial charge in [0.2, 0.25) is 0 Å². The van der Waals surface area contributed by atoms with Crippen LogP contribution in [0.4, 0.5) is 5.69 Å². The van der Waals surface area contributed by atoms with E-state index in [1.165, 1.54) is 13.2 Å². The van der Waals surface area contributed by atoms with Crippen molar-refractivity contribution in [1.82, 2.24) is 0 Å². The van der Waals surface area contributed by atoms with Gasteiger partial charge in [-0.25, -0.2) is 0 Å². The quantitative estimate of drug-likeness (QED) is 0.288. The van der Waals surface area contributed by atoms with Crippen molar-refractivity contribution in [2.24, 2.45) is 5.10 Å². The summed E-state index contributed by atoms with van der Waals surface area (Å²) in [6.45, 7) is 5.47. The second-order valence-electron chi connectivity index (χ2n) is 7.05. The number of halogens is 1. The van der Waals surface area contributed by atoms with Gasteiger partial charge in [0, 0.05) is 5.02 Å². The van der Waals surface area contributed by atoms with Crippen LogP contribution in [0.3, 0.4) is 0 Å². The van der Waals surface area contributed by atoms with Crippen LogP contribution in [0.25, 0.3) is 0 Å². The molecule has 0 saturated carbocycles. The van der Waals surface area contributed by atoms with Gasteiger partial charge < -0.3 is 8.92 Å². The maximum Gasteiger partial charge on any atom is 0.339 e. The monoisotopic (exact) mass is 458 g/mol. The molecule has 0 atom stereocenters. The van der Waals surface area contributed by atoms with Crippen molar-refractivity contribution < 1.29 is 17.3 Å². The topological polar surface area (TPSA) is 77.0 Å². The van der Waals surface area contributed by atoms with E-state index in [9.17, 15) is 8.42 Å². The number of hydrogen-bond donors (Lipinski definition) is 1. The highest BCUT2D eigenvalue weighted by molar-refractivity contribution is 7.87. The predicted molar refractivity (Wildman–Crippen MR) is 124 cm³/mol. The SMILES string of the molecule is COc1cc(/C=N/Nc2ccc(C)c(Cl)c2)ccc1OS(=O)(=O)c1cc(C)ccc1C. The number of methoxy groups -OCH3 is 1. The van der Waals surface area contributed by atoms with Crippen molar-refractivity contribution in [2.45, 2.75) is 25.7 Å². The molecule has 0 spiro atoms. The number of hydrazone groups is 1. The molecule has 0 saturated heterocycles. The molecule has 0 aliphatic heterocycles.